The number of hydrogen-bond donors (Lipinski definition) is 1. The van der Waals surface area contributed by atoms with Crippen molar-refractivity contribution >= 4 is 15.9 Å². The smallest absolute Gasteiger partial charge is 0.265 e. The zero-order chi connectivity index (χ0) is 16.8. The number of sulfonamides is 1. The van der Waals surface area contributed by atoms with Crippen molar-refractivity contribution in [3.8, 4) is 0 Å². The summed E-state index contributed by atoms with van der Waals surface area (Å²) in [6.45, 7) is 0. The van der Waals surface area contributed by atoms with E-state index in [4.69, 9.17) is 0 Å². The van der Waals surface area contributed by atoms with Crippen LogP contribution in [0.25, 0.3) is 0 Å². The van der Waals surface area contributed by atoms with E-state index in [0.717, 1.165) is 25.7 Å². The van der Waals surface area contributed by atoms with E-state index in [-0.39, 0.29) is 16.2 Å². The van der Waals surface area contributed by atoms with Gasteiger partial charge in [-0.2, -0.15) is 0 Å². The van der Waals surface area contributed by atoms with E-state index in [1.165, 1.54) is 35.7 Å². The van der Waals surface area contributed by atoms with E-state index in [9.17, 15) is 13.2 Å². The molecule has 124 valence electrons. The van der Waals surface area contributed by atoms with Crippen molar-refractivity contribution in [2.45, 2.75) is 36.0 Å². The SMILES string of the molecule is O=C(NS(=O)(=O)c1cccnc1)[C@@H]1C[C@]12CCCc1ccccc12. The van der Waals surface area contributed by atoms with Crippen LogP contribution in [0.2, 0.25) is 0 Å². The third-order valence-electron chi connectivity index (χ3n) is 5.19. The summed E-state index contributed by atoms with van der Waals surface area (Å²) in [5.74, 6) is -0.680. The Bertz CT molecular complexity index is 895. The number of rotatable bonds is 3. The minimum absolute atomic E-state index is 0.0112. The summed E-state index contributed by atoms with van der Waals surface area (Å²) in [5, 5.41) is 0. The Morgan fingerprint density at radius 2 is 2.04 bits per heavy atom. The fourth-order valence-electron chi connectivity index (χ4n) is 3.94. The van der Waals surface area contributed by atoms with Crippen LogP contribution in [0.3, 0.4) is 0 Å². The van der Waals surface area contributed by atoms with E-state index in [1.54, 1.807) is 0 Å². The monoisotopic (exact) mass is 342 g/mol. The van der Waals surface area contributed by atoms with Crippen molar-refractivity contribution < 1.29 is 13.2 Å². The van der Waals surface area contributed by atoms with Crippen molar-refractivity contribution in [2.24, 2.45) is 5.92 Å². The number of amides is 1. The Balaban J connectivity index is 1.56. The molecule has 0 saturated heterocycles. The molecule has 2 aromatic rings. The fraction of sp³-hybridized carbons (Fsp3) is 0.333. The van der Waals surface area contributed by atoms with Crippen molar-refractivity contribution in [1.29, 1.82) is 0 Å². The molecule has 1 N–H and O–H groups in total. The summed E-state index contributed by atoms with van der Waals surface area (Å²) >= 11 is 0. The summed E-state index contributed by atoms with van der Waals surface area (Å²) in [7, 11) is -3.86. The number of fused-ring (bicyclic) bond motifs is 2. The molecule has 1 fully saturated rings. The molecule has 24 heavy (non-hydrogen) atoms. The Morgan fingerprint density at radius 3 is 2.83 bits per heavy atom. The van der Waals surface area contributed by atoms with Gasteiger partial charge in [-0.3, -0.25) is 9.78 Å². The number of aromatic nitrogens is 1. The van der Waals surface area contributed by atoms with Crippen LogP contribution in [0, 0.1) is 5.92 Å². The van der Waals surface area contributed by atoms with Crippen LogP contribution >= 0.6 is 0 Å². The molecular weight excluding hydrogens is 324 g/mol. The van der Waals surface area contributed by atoms with Crippen LogP contribution in [0.4, 0.5) is 0 Å². The molecule has 0 unspecified atom stereocenters. The summed E-state index contributed by atoms with van der Waals surface area (Å²) in [5.41, 5.74) is 2.33. The van der Waals surface area contributed by atoms with E-state index >= 15 is 0 Å². The van der Waals surface area contributed by atoms with Gasteiger partial charge in [0.15, 0.2) is 0 Å². The van der Waals surface area contributed by atoms with Crippen molar-refractivity contribution in [3.05, 3.63) is 59.9 Å². The molecule has 1 spiro atoms. The molecule has 0 bridgehead atoms. The second-order valence-electron chi connectivity index (χ2n) is 6.58. The molecule has 0 radical (unpaired) electrons. The van der Waals surface area contributed by atoms with Crippen LogP contribution in [0.5, 0.6) is 0 Å². The van der Waals surface area contributed by atoms with Gasteiger partial charge in [-0.15, -0.1) is 0 Å². The van der Waals surface area contributed by atoms with E-state index < -0.39 is 15.9 Å². The Kier molecular flexibility index (Phi) is 3.46. The lowest BCUT2D eigenvalue weighted by atomic mass is 9.78. The first-order valence-electron chi connectivity index (χ1n) is 8.08. The molecule has 2 aliphatic carbocycles. The van der Waals surface area contributed by atoms with Gasteiger partial charge >= 0.3 is 0 Å². The van der Waals surface area contributed by atoms with Crippen LogP contribution in [0.15, 0.2) is 53.7 Å². The Hall–Kier alpha value is -2.21. The van der Waals surface area contributed by atoms with Gasteiger partial charge in [0.2, 0.25) is 5.91 Å². The predicted octanol–water partition coefficient (Wildman–Crippen LogP) is 2.18. The van der Waals surface area contributed by atoms with Crippen LogP contribution in [-0.2, 0) is 26.7 Å². The van der Waals surface area contributed by atoms with Gasteiger partial charge < -0.3 is 0 Å². The maximum Gasteiger partial charge on any atom is 0.265 e. The minimum atomic E-state index is -3.86. The quantitative estimate of drug-likeness (QED) is 0.927. The van der Waals surface area contributed by atoms with E-state index in [0.29, 0.717) is 0 Å². The molecular formula is C18H18N2O3S. The molecule has 1 amide bonds. The molecule has 1 heterocycles. The first-order valence-corrected chi connectivity index (χ1v) is 9.56. The minimum Gasteiger partial charge on any atom is -0.274 e. The van der Waals surface area contributed by atoms with Gasteiger partial charge in [-0.05, 0) is 48.9 Å². The standard InChI is InChI=1S/C18H18N2O3S/c21-17(20-24(22,23)14-7-4-10-19-12-14)16-11-18(16)9-3-6-13-5-1-2-8-15(13)18/h1-2,4-5,7-8,10,12,16H,3,6,9,11H2,(H,20,21)/t16-,18-/m0/s1. The largest absolute Gasteiger partial charge is 0.274 e. The fourth-order valence-corrected chi connectivity index (χ4v) is 4.93. The zero-order valence-electron chi connectivity index (χ0n) is 13.1. The molecule has 2 atom stereocenters. The highest BCUT2D eigenvalue weighted by Crippen LogP contribution is 2.60. The third-order valence-corrected chi connectivity index (χ3v) is 6.53. The average Bonchev–Trinajstić information content (AvgIpc) is 3.31. The maximum atomic E-state index is 12.6. The van der Waals surface area contributed by atoms with Gasteiger partial charge in [0, 0.05) is 23.7 Å². The summed E-state index contributed by atoms with van der Waals surface area (Å²) < 4.78 is 26.9. The molecule has 0 aliphatic heterocycles. The highest BCUT2D eigenvalue weighted by atomic mass is 32.2. The van der Waals surface area contributed by atoms with Crippen molar-refractivity contribution in [1.82, 2.24) is 9.71 Å². The Morgan fingerprint density at radius 1 is 1.21 bits per heavy atom. The number of hydrogen-bond acceptors (Lipinski definition) is 4. The van der Waals surface area contributed by atoms with Gasteiger partial charge in [-0.25, -0.2) is 13.1 Å². The molecule has 1 aromatic heterocycles. The summed E-state index contributed by atoms with van der Waals surface area (Å²) in [6.07, 6.45) is 6.47. The zero-order valence-corrected chi connectivity index (χ0v) is 13.9. The first kappa shape index (κ1) is 15.3. The lowest BCUT2D eigenvalue weighted by Crippen LogP contribution is -2.34. The third kappa shape index (κ3) is 2.41. The normalized spacial score (nSPS) is 25.1. The highest BCUT2D eigenvalue weighted by Gasteiger charge is 2.60. The topological polar surface area (TPSA) is 76.1 Å². The number of nitrogens with one attached hydrogen (secondary N) is 1. The van der Waals surface area contributed by atoms with Crippen molar-refractivity contribution in [2.75, 3.05) is 0 Å². The molecule has 4 rings (SSSR count). The number of pyridine rings is 1. The predicted molar refractivity (Wildman–Crippen MR) is 88.7 cm³/mol. The second kappa shape index (κ2) is 5.41. The van der Waals surface area contributed by atoms with Gasteiger partial charge in [0.05, 0.1) is 0 Å². The van der Waals surface area contributed by atoms with Gasteiger partial charge in [0.25, 0.3) is 10.0 Å². The summed E-state index contributed by atoms with van der Waals surface area (Å²) in [4.78, 5) is 16.4. The highest BCUT2D eigenvalue weighted by molar-refractivity contribution is 7.90. The maximum absolute atomic E-state index is 12.6. The van der Waals surface area contributed by atoms with E-state index in [1.807, 2.05) is 12.1 Å². The number of carbonyl (C=O) groups excluding carboxylic acids is 1. The average molecular weight is 342 g/mol. The molecule has 2 aliphatic rings. The van der Waals surface area contributed by atoms with Crippen molar-refractivity contribution in [3.63, 3.8) is 0 Å². The second-order valence-corrected chi connectivity index (χ2v) is 8.26. The van der Waals surface area contributed by atoms with E-state index in [2.05, 4.69) is 21.8 Å². The number of nitrogens with zero attached hydrogens (tertiary/aromatic N) is 1. The lowest BCUT2D eigenvalue weighted by molar-refractivity contribution is -0.121. The van der Waals surface area contributed by atoms with Crippen LogP contribution < -0.4 is 4.72 Å². The van der Waals surface area contributed by atoms with Crippen LogP contribution in [0.1, 0.15) is 30.4 Å². The summed E-state index contributed by atoms with van der Waals surface area (Å²) in [6, 6.07) is 11.2. The number of benzene rings is 1. The molecule has 6 heteroatoms. The number of aryl methyl sites for hydroxylation is 1. The first-order chi connectivity index (χ1) is 11.5. The Labute approximate surface area is 141 Å². The number of carbonyl (C=O) groups is 1. The lowest BCUT2D eigenvalue weighted by Gasteiger charge is -2.26. The van der Waals surface area contributed by atoms with Crippen LogP contribution in [-0.4, -0.2) is 19.3 Å². The van der Waals surface area contributed by atoms with Gasteiger partial charge in [-0.1, -0.05) is 24.3 Å². The molecule has 1 saturated carbocycles. The molecule has 1 aromatic carbocycles. The van der Waals surface area contributed by atoms with Gasteiger partial charge in [0.1, 0.15) is 4.90 Å². The molecule has 5 nitrogen and oxygen atoms in total.